The van der Waals surface area contributed by atoms with E-state index in [0.29, 0.717) is 0 Å². The predicted molar refractivity (Wildman–Crippen MR) is 71.1 cm³/mol. The first-order chi connectivity index (χ1) is 9.43. The van der Waals surface area contributed by atoms with E-state index in [1.165, 1.54) is 0 Å². The number of pyridine rings is 1. The minimum absolute atomic E-state index is 0.751. The van der Waals surface area contributed by atoms with Crippen molar-refractivity contribution in [1.29, 1.82) is 0 Å². The maximum atomic E-state index is 5.32. The molecule has 0 aliphatic carbocycles. The zero-order valence-corrected chi connectivity index (χ0v) is 10.7. The maximum absolute atomic E-state index is 5.32. The average molecular weight is 259 g/mol. The number of hydrazine groups is 1. The highest BCUT2D eigenvalue weighted by Gasteiger charge is 2.12. The van der Waals surface area contributed by atoms with Crippen molar-refractivity contribution in [3.8, 4) is 11.3 Å². The number of H-pyrrole nitrogens is 1. The molecule has 2 aromatic rings. The minimum atomic E-state index is 0.751. The molecule has 2 aromatic heterocycles. The highest BCUT2D eigenvalue weighted by molar-refractivity contribution is 5.61. The lowest BCUT2D eigenvalue weighted by Gasteiger charge is -2.27. The van der Waals surface area contributed by atoms with Gasteiger partial charge in [-0.15, -0.1) is 0 Å². The SMILES string of the molecule is c1cncc(-c2[nH]ncc2CNN2CCOCC2)c1. The van der Waals surface area contributed by atoms with Gasteiger partial charge in [0.25, 0.3) is 0 Å². The molecule has 1 aliphatic heterocycles. The summed E-state index contributed by atoms with van der Waals surface area (Å²) in [5, 5.41) is 9.35. The van der Waals surface area contributed by atoms with Crippen LogP contribution in [0.1, 0.15) is 5.56 Å². The molecule has 6 heteroatoms. The number of nitrogens with zero attached hydrogens (tertiary/aromatic N) is 3. The van der Waals surface area contributed by atoms with Crippen LogP contribution in [0, 0.1) is 0 Å². The molecular formula is C13H17N5O. The number of ether oxygens (including phenoxy) is 1. The molecule has 100 valence electrons. The van der Waals surface area contributed by atoms with E-state index < -0.39 is 0 Å². The third-order valence-electron chi connectivity index (χ3n) is 3.17. The number of nitrogens with one attached hydrogen (secondary N) is 2. The molecule has 0 unspecified atom stereocenters. The van der Waals surface area contributed by atoms with Crippen LogP contribution in [0.15, 0.2) is 30.7 Å². The van der Waals surface area contributed by atoms with E-state index in [4.69, 9.17) is 4.74 Å². The Labute approximate surface area is 111 Å². The van der Waals surface area contributed by atoms with E-state index in [1.807, 2.05) is 24.5 Å². The molecule has 0 spiro atoms. The van der Waals surface area contributed by atoms with Gasteiger partial charge in [0.15, 0.2) is 0 Å². The summed E-state index contributed by atoms with van der Waals surface area (Å²) in [5.41, 5.74) is 6.62. The van der Waals surface area contributed by atoms with E-state index in [-0.39, 0.29) is 0 Å². The first kappa shape index (κ1) is 12.3. The Morgan fingerprint density at radius 3 is 3.00 bits per heavy atom. The Balaban J connectivity index is 1.67. The molecule has 1 saturated heterocycles. The van der Waals surface area contributed by atoms with Gasteiger partial charge in [-0.1, -0.05) is 0 Å². The Morgan fingerprint density at radius 1 is 1.32 bits per heavy atom. The van der Waals surface area contributed by atoms with Gasteiger partial charge in [-0.05, 0) is 12.1 Å². The second-order valence-corrected chi connectivity index (χ2v) is 4.45. The normalized spacial score (nSPS) is 16.6. The van der Waals surface area contributed by atoms with Gasteiger partial charge in [0.2, 0.25) is 0 Å². The molecular weight excluding hydrogens is 242 g/mol. The fourth-order valence-corrected chi connectivity index (χ4v) is 2.12. The molecule has 1 aliphatic rings. The lowest BCUT2D eigenvalue weighted by molar-refractivity contribution is 0.0106. The third-order valence-corrected chi connectivity index (χ3v) is 3.17. The number of hydrogen-bond donors (Lipinski definition) is 2. The summed E-state index contributed by atoms with van der Waals surface area (Å²) in [6, 6.07) is 3.95. The summed E-state index contributed by atoms with van der Waals surface area (Å²) < 4.78 is 5.32. The molecule has 3 heterocycles. The van der Waals surface area contributed by atoms with E-state index in [1.54, 1.807) is 6.20 Å². The largest absolute Gasteiger partial charge is 0.379 e. The molecule has 0 bridgehead atoms. The molecule has 0 radical (unpaired) electrons. The maximum Gasteiger partial charge on any atom is 0.0711 e. The van der Waals surface area contributed by atoms with Crippen molar-refractivity contribution in [2.45, 2.75) is 6.54 Å². The van der Waals surface area contributed by atoms with Crippen LogP contribution < -0.4 is 5.43 Å². The van der Waals surface area contributed by atoms with E-state index in [9.17, 15) is 0 Å². The first-order valence-electron chi connectivity index (χ1n) is 6.42. The number of aromatic nitrogens is 3. The van der Waals surface area contributed by atoms with Gasteiger partial charge < -0.3 is 4.74 Å². The topological polar surface area (TPSA) is 66.1 Å². The summed E-state index contributed by atoms with van der Waals surface area (Å²) in [5.74, 6) is 0. The average Bonchev–Trinajstić information content (AvgIpc) is 2.95. The van der Waals surface area contributed by atoms with Crippen molar-refractivity contribution in [3.05, 3.63) is 36.3 Å². The first-order valence-corrected chi connectivity index (χ1v) is 6.42. The number of aromatic amines is 1. The molecule has 19 heavy (non-hydrogen) atoms. The van der Waals surface area contributed by atoms with Gasteiger partial charge in [0.05, 0.1) is 25.1 Å². The van der Waals surface area contributed by atoms with Gasteiger partial charge in [0, 0.05) is 43.2 Å². The molecule has 0 saturated carbocycles. The molecule has 2 N–H and O–H groups in total. The van der Waals surface area contributed by atoms with Gasteiger partial charge in [-0.25, -0.2) is 5.01 Å². The zero-order valence-electron chi connectivity index (χ0n) is 10.7. The van der Waals surface area contributed by atoms with Crippen LogP contribution in [0.25, 0.3) is 11.3 Å². The van der Waals surface area contributed by atoms with Crippen LogP contribution in [-0.2, 0) is 11.3 Å². The second kappa shape index (κ2) is 5.92. The van der Waals surface area contributed by atoms with Gasteiger partial charge in [-0.2, -0.15) is 5.10 Å². The molecule has 0 amide bonds. The van der Waals surface area contributed by atoms with Crippen molar-refractivity contribution >= 4 is 0 Å². The highest BCUT2D eigenvalue weighted by Crippen LogP contribution is 2.19. The van der Waals surface area contributed by atoms with Crippen molar-refractivity contribution < 1.29 is 4.74 Å². The molecule has 0 aromatic carbocycles. The smallest absolute Gasteiger partial charge is 0.0711 e. The fourth-order valence-electron chi connectivity index (χ4n) is 2.12. The lowest BCUT2D eigenvalue weighted by Crippen LogP contribution is -2.45. The van der Waals surface area contributed by atoms with E-state index in [0.717, 1.165) is 49.7 Å². The monoisotopic (exact) mass is 259 g/mol. The van der Waals surface area contributed by atoms with Crippen LogP contribution in [0.5, 0.6) is 0 Å². The summed E-state index contributed by atoms with van der Waals surface area (Å²) in [6.45, 7) is 4.16. The number of hydrogen-bond acceptors (Lipinski definition) is 5. The zero-order chi connectivity index (χ0) is 12.9. The van der Waals surface area contributed by atoms with Gasteiger partial charge in [0.1, 0.15) is 0 Å². The molecule has 1 fully saturated rings. The Morgan fingerprint density at radius 2 is 2.21 bits per heavy atom. The van der Waals surface area contributed by atoms with Crippen LogP contribution >= 0.6 is 0 Å². The Hall–Kier alpha value is -1.76. The lowest BCUT2D eigenvalue weighted by atomic mass is 10.1. The molecule has 0 atom stereocenters. The van der Waals surface area contributed by atoms with Crippen molar-refractivity contribution in [2.75, 3.05) is 26.3 Å². The van der Waals surface area contributed by atoms with Crippen molar-refractivity contribution in [3.63, 3.8) is 0 Å². The van der Waals surface area contributed by atoms with Crippen molar-refractivity contribution in [1.82, 2.24) is 25.6 Å². The quantitative estimate of drug-likeness (QED) is 0.850. The highest BCUT2D eigenvalue weighted by atomic mass is 16.5. The standard InChI is InChI=1S/C13H17N5O/c1-2-11(8-14-3-1)13-12(9-15-17-13)10-16-18-4-6-19-7-5-18/h1-3,8-9,16H,4-7,10H2,(H,15,17). The number of morpholine rings is 1. The fraction of sp³-hybridized carbons (Fsp3) is 0.385. The summed E-state index contributed by atoms with van der Waals surface area (Å²) in [6.07, 6.45) is 5.47. The predicted octanol–water partition coefficient (Wildman–Crippen LogP) is 0.808. The van der Waals surface area contributed by atoms with E-state index >= 15 is 0 Å². The van der Waals surface area contributed by atoms with Crippen LogP contribution in [-0.4, -0.2) is 46.5 Å². The van der Waals surface area contributed by atoms with Crippen molar-refractivity contribution in [2.24, 2.45) is 0 Å². The van der Waals surface area contributed by atoms with Gasteiger partial charge in [-0.3, -0.25) is 15.5 Å². The minimum Gasteiger partial charge on any atom is -0.379 e. The van der Waals surface area contributed by atoms with Gasteiger partial charge >= 0.3 is 0 Å². The summed E-state index contributed by atoms with van der Waals surface area (Å²) >= 11 is 0. The second-order valence-electron chi connectivity index (χ2n) is 4.45. The van der Waals surface area contributed by atoms with Crippen LogP contribution in [0.3, 0.4) is 0 Å². The molecule has 3 rings (SSSR count). The van der Waals surface area contributed by atoms with E-state index in [2.05, 4.69) is 25.6 Å². The Kier molecular flexibility index (Phi) is 3.83. The Bertz CT molecular complexity index is 507. The van der Waals surface area contributed by atoms with Crippen LogP contribution in [0.4, 0.5) is 0 Å². The summed E-state index contributed by atoms with van der Waals surface area (Å²) in [7, 11) is 0. The van der Waals surface area contributed by atoms with Crippen LogP contribution in [0.2, 0.25) is 0 Å². The number of rotatable bonds is 4. The summed E-state index contributed by atoms with van der Waals surface area (Å²) in [4.78, 5) is 4.14. The molecule has 6 nitrogen and oxygen atoms in total. The third kappa shape index (κ3) is 2.98.